The summed E-state index contributed by atoms with van der Waals surface area (Å²) in [5.74, 6) is 1.07. The Hall–Kier alpha value is -2.80. The molecule has 2 N–H and O–H groups in total. The van der Waals surface area contributed by atoms with Crippen LogP contribution in [0, 0.1) is 0 Å². The maximum Gasteiger partial charge on any atom is 0.261 e. The fraction of sp³-hybridized carbons (Fsp3) is 0.350. The maximum atomic E-state index is 13.2. The summed E-state index contributed by atoms with van der Waals surface area (Å²) >= 11 is 6.14. The van der Waals surface area contributed by atoms with E-state index in [1.54, 1.807) is 20.2 Å². The highest BCUT2D eigenvalue weighted by Gasteiger charge is 2.55. The van der Waals surface area contributed by atoms with Crippen molar-refractivity contribution in [1.29, 1.82) is 0 Å². The number of benzene rings is 1. The van der Waals surface area contributed by atoms with Gasteiger partial charge in [-0.25, -0.2) is 9.98 Å². The Morgan fingerprint density at radius 3 is 2.71 bits per heavy atom. The highest BCUT2D eigenvalue weighted by Crippen LogP contribution is 2.50. The topological polar surface area (TPSA) is 90.0 Å². The lowest BCUT2D eigenvalue weighted by Crippen LogP contribution is -2.49. The molecule has 3 heterocycles. The molecule has 1 amide bonds. The molecule has 2 aromatic rings. The third-order valence-electron chi connectivity index (χ3n) is 5.12. The maximum absolute atomic E-state index is 13.2. The van der Waals surface area contributed by atoms with Gasteiger partial charge in [0.25, 0.3) is 5.91 Å². The van der Waals surface area contributed by atoms with E-state index in [9.17, 15) is 4.79 Å². The Labute approximate surface area is 168 Å². The smallest absolute Gasteiger partial charge is 0.261 e. The molecule has 4 rings (SSSR count). The number of guanidine groups is 1. The molecular weight excluding hydrogens is 380 g/mol. The number of halogens is 1. The first-order chi connectivity index (χ1) is 13.2. The lowest BCUT2D eigenvalue weighted by molar-refractivity contribution is -0.133. The van der Waals surface area contributed by atoms with Crippen LogP contribution in [-0.2, 0) is 10.3 Å². The van der Waals surface area contributed by atoms with E-state index in [4.69, 9.17) is 26.8 Å². The summed E-state index contributed by atoms with van der Waals surface area (Å²) in [6, 6.07) is 7.38. The molecule has 0 fully saturated rings. The number of fused-ring (bicyclic) bond motifs is 2. The normalized spacial score (nSPS) is 22.7. The van der Waals surface area contributed by atoms with Gasteiger partial charge < -0.3 is 15.2 Å². The van der Waals surface area contributed by atoms with Crippen molar-refractivity contribution in [3.8, 4) is 22.8 Å². The number of aromatic nitrogens is 1. The summed E-state index contributed by atoms with van der Waals surface area (Å²) in [5.41, 5.74) is 6.49. The lowest BCUT2D eigenvalue weighted by Gasteiger charge is -2.41. The molecular formula is C20H21ClN4O3. The van der Waals surface area contributed by atoms with Crippen LogP contribution in [0.15, 0.2) is 35.5 Å². The number of amides is 1. The van der Waals surface area contributed by atoms with Gasteiger partial charge in [-0.15, -0.1) is 0 Å². The van der Waals surface area contributed by atoms with E-state index in [0.29, 0.717) is 34.2 Å². The monoisotopic (exact) mass is 400 g/mol. The van der Waals surface area contributed by atoms with E-state index in [-0.39, 0.29) is 11.9 Å². The molecule has 1 spiro atoms. The first kappa shape index (κ1) is 18.6. The van der Waals surface area contributed by atoms with Crippen molar-refractivity contribution >= 4 is 23.5 Å². The number of likely N-dealkylation sites (N-methyl/N-ethyl adjacent to an activating group) is 1. The van der Waals surface area contributed by atoms with Crippen LogP contribution in [0.25, 0.3) is 11.1 Å². The van der Waals surface area contributed by atoms with E-state index in [1.807, 2.05) is 32.0 Å². The zero-order valence-corrected chi connectivity index (χ0v) is 16.9. The van der Waals surface area contributed by atoms with Crippen LogP contribution in [0.3, 0.4) is 0 Å². The number of pyridine rings is 1. The molecule has 2 aliphatic heterocycles. The van der Waals surface area contributed by atoms with Gasteiger partial charge in [0, 0.05) is 30.8 Å². The molecule has 1 unspecified atom stereocenters. The molecule has 0 bridgehead atoms. The summed E-state index contributed by atoms with van der Waals surface area (Å²) in [6.07, 6.45) is 1.90. The van der Waals surface area contributed by atoms with E-state index >= 15 is 0 Å². The van der Waals surface area contributed by atoms with Crippen LogP contribution < -0.4 is 15.2 Å². The van der Waals surface area contributed by atoms with Gasteiger partial charge in [-0.05, 0) is 37.6 Å². The predicted octanol–water partition coefficient (Wildman–Crippen LogP) is 2.95. The van der Waals surface area contributed by atoms with Gasteiger partial charge in [-0.1, -0.05) is 17.7 Å². The van der Waals surface area contributed by atoms with Crippen LogP contribution in [-0.4, -0.2) is 41.5 Å². The van der Waals surface area contributed by atoms with E-state index in [1.165, 1.54) is 11.1 Å². The van der Waals surface area contributed by atoms with Crippen LogP contribution >= 0.6 is 11.6 Å². The van der Waals surface area contributed by atoms with Crippen molar-refractivity contribution in [3.05, 3.63) is 41.0 Å². The van der Waals surface area contributed by atoms with Crippen molar-refractivity contribution in [3.63, 3.8) is 0 Å². The zero-order valence-electron chi connectivity index (χ0n) is 16.1. The summed E-state index contributed by atoms with van der Waals surface area (Å²) in [5, 5.41) is 0.486. The minimum absolute atomic E-state index is 0.170. The average molecular weight is 401 g/mol. The fourth-order valence-corrected chi connectivity index (χ4v) is 4.10. The van der Waals surface area contributed by atoms with Gasteiger partial charge in [-0.2, -0.15) is 0 Å². The van der Waals surface area contributed by atoms with Crippen LogP contribution in [0.2, 0.25) is 5.02 Å². The number of hydrogen-bond acceptors (Lipinski definition) is 6. The average Bonchev–Trinajstić information content (AvgIpc) is 2.85. The predicted molar refractivity (Wildman–Crippen MR) is 107 cm³/mol. The van der Waals surface area contributed by atoms with Crippen molar-refractivity contribution in [2.24, 2.45) is 10.7 Å². The number of nitrogens with zero attached hydrogens (tertiary/aromatic N) is 3. The number of hydrogen-bond donors (Lipinski definition) is 1. The molecule has 28 heavy (non-hydrogen) atoms. The molecule has 146 valence electrons. The minimum Gasteiger partial charge on any atom is -0.487 e. The van der Waals surface area contributed by atoms with Gasteiger partial charge in [-0.3, -0.25) is 9.69 Å². The van der Waals surface area contributed by atoms with E-state index in [0.717, 1.165) is 5.56 Å². The minimum atomic E-state index is -1.12. The standard InChI is InChI=1S/C20H21ClN4O3/c1-19(2)10-20(17(26)25(3)18(22)24-20)14-7-11(5-6-15(14)28-19)13-8-12(21)9-23-16(13)27-4/h5-9H,10H2,1-4H3,(H2,22,24). The molecule has 0 saturated carbocycles. The largest absolute Gasteiger partial charge is 0.487 e. The third-order valence-corrected chi connectivity index (χ3v) is 5.33. The Balaban J connectivity index is 1.95. The van der Waals surface area contributed by atoms with Gasteiger partial charge in [0.15, 0.2) is 11.5 Å². The van der Waals surface area contributed by atoms with Crippen LogP contribution in [0.5, 0.6) is 11.6 Å². The summed E-state index contributed by atoms with van der Waals surface area (Å²) in [6.45, 7) is 3.87. The van der Waals surface area contributed by atoms with Gasteiger partial charge in [0.2, 0.25) is 5.88 Å². The number of methoxy groups -OCH3 is 1. The molecule has 2 aliphatic rings. The second-order valence-electron chi connectivity index (χ2n) is 7.65. The Morgan fingerprint density at radius 1 is 1.32 bits per heavy atom. The number of ether oxygens (including phenoxy) is 2. The first-order valence-electron chi connectivity index (χ1n) is 8.84. The number of aliphatic imine (C=N–C) groups is 1. The van der Waals surface area contributed by atoms with Crippen molar-refractivity contribution in [2.45, 2.75) is 31.4 Å². The van der Waals surface area contributed by atoms with E-state index in [2.05, 4.69) is 9.98 Å². The summed E-state index contributed by atoms with van der Waals surface area (Å²) in [7, 11) is 3.18. The highest BCUT2D eigenvalue weighted by molar-refractivity contribution is 6.30. The van der Waals surface area contributed by atoms with E-state index < -0.39 is 11.1 Å². The Kier molecular flexibility index (Phi) is 4.04. The Morgan fingerprint density at radius 2 is 2.07 bits per heavy atom. The number of nitrogens with two attached hydrogens (primary N) is 1. The second kappa shape index (κ2) is 6.10. The highest BCUT2D eigenvalue weighted by atomic mass is 35.5. The lowest BCUT2D eigenvalue weighted by atomic mass is 9.77. The summed E-state index contributed by atoms with van der Waals surface area (Å²) in [4.78, 5) is 23.4. The molecule has 0 saturated heterocycles. The number of rotatable bonds is 2. The summed E-state index contributed by atoms with van der Waals surface area (Å²) < 4.78 is 11.5. The van der Waals surface area contributed by atoms with Crippen LogP contribution in [0.1, 0.15) is 25.8 Å². The zero-order chi connectivity index (χ0) is 20.3. The third kappa shape index (κ3) is 2.69. The van der Waals surface area contributed by atoms with Crippen molar-refractivity contribution in [1.82, 2.24) is 9.88 Å². The molecule has 1 atom stereocenters. The molecule has 7 nitrogen and oxygen atoms in total. The molecule has 8 heteroatoms. The molecule has 0 aliphatic carbocycles. The Bertz CT molecular complexity index is 1020. The van der Waals surface area contributed by atoms with Crippen molar-refractivity contribution < 1.29 is 14.3 Å². The number of carbonyl (C=O) groups is 1. The molecule has 1 aromatic carbocycles. The van der Waals surface area contributed by atoms with Crippen molar-refractivity contribution in [2.75, 3.05) is 14.2 Å². The first-order valence-corrected chi connectivity index (χ1v) is 9.21. The van der Waals surface area contributed by atoms with Crippen LogP contribution in [0.4, 0.5) is 0 Å². The van der Waals surface area contributed by atoms with Gasteiger partial charge >= 0.3 is 0 Å². The molecule has 1 aromatic heterocycles. The quantitative estimate of drug-likeness (QED) is 0.836. The fourth-order valence-electron chi connectivity index (χ4n) is 3.94. The van der Waals surface area contributed by atoms with Gasteiger partial charge in [0.1, 0.15) is 11.4 Å². The van der Waals surface area contributed by atoms with Gasteiger partial charge in [0.05, 0.1) is 12.1 Å². The number of carbonyl (C=O) groups excluding carboxylic acids is 1. The second-order valence-corrected chi connectivity index (χ2v) is 8.09. The molecule has 0 radical (unpaired) electrons. The SMILES string of the molecule is COc1ncc(Cl)cc1-c1ccc2c(c1)C1(CC(C)(C)O2)N=C(N)N(C)C1=O.